The summed E-state index contributed by atoms with van der Waals surface area (Å²) < 4.78 is 6.23. The number of nitrogens with one attached hydrogen (secondary N) is 1. The number of aromatic nitrogens is 3. The highest BCUT2D eigenvalue weighted by Crippen LogP contribution is 2.21. The van der Waals surface area contributed by atoms with E-state index in [0.29, 0.717) is 0 Å². The number of aromatic amines is 1. The van der Waals surface area contributed by atoms with Gasteiger partial charge in [-0.25, -0.2) is 4.79 Å². The third kappa shape index (κ3) is 5.20. The molecule has 178 valence electrons. The van der Waals surface area contributed by atoms with Crippen LogP contribution in [-0.4, -0.2) is 34.2 Å². The molecule has 0 spiro atoms. The van der Waals surface area contributed by atoms with Crippen LogP contribution in [0.15, 0.2) is 82.5 Å². The lowest BCUT2D eigenvalue weighted by molar-refractivity contribution is -0.114. The average Bonchev–Trinajstić information content (AvgIpc) is 2.87. The van der Waals surface area contributed by atoms with Crippen LogP contribution in [0, 0.1) is 0 Å². The van der Waals surface area contributed by atoms with Gasteiger partial charge in [0.15, 0.2) is 5.69 Å². The molecule has 0 saturated heterocycles. The highest BCUT2D eigenvalue weighted by Gasteiger charge is 2.23. The highest BCUT2D eigenvalue weighted by atomic mass is 16.5. The number of rotatable bonds is 8. The van der Waals surface area contributed by atoms with Gasteiger partial charge in [0.05, 0.1) is 25.2 Å². The summed E-state index contributed by atoms with van der Waals surface area (Å²) in [5.41, 5.74) is 7.03. The Labute approximate surface area is 201 Å². The summed E-state index contributed by atoms with van der Waals surface area (Å²) in [6, 6.07) is 18.7. The van der Waals surface area contributed by atoms with Crippen LogP contribution in [-0.2, 0) is 22.6 Å². The minimum absolute atomic E-state index is 0.0769. The molecule has 4 aromatic rings. The second-order valence-corrected chi connectivity index (χ2v) is 7.80. The van der Waals surface area contributed by atoms with E-state index in [1.165, 1.54) is 22.7 Å². The Bertz CT molecular complexity index is 1490. The number of para-hydroxylation sites is 1. The number of amides is 1. The third-order valence-corrected chi connectivity index (χ3v) is 5.52. The molecule has 0 bridgehead atoms. The first kappa shape index (κ1) is 23.7. The molecule has 9 heteroatoms. The van der Waals surface area contributed by atoms with Crippen LogP contribution in [0.1, 0.15) is 11.1 Å². The Kier molecular flexibility index (Phi) is 7.18. The van der Waals surface area contributed by atoms with Crippen molar-refractivity contribution < 1.29 is 9.53 Å². The van der Waals surface area contributed by atoms with Crippen molar-refractivity contribution in [3.8, 4) is 0 Å². The van der Waals surface area contributed by atoms with Crippen LogP contribution in [0.4, 0.5) is 11.5 Å². The predicted octanol–water partition coefficient (Wildman–Crippen LogP) is 2.56. The number of carbonyl (C=O) groups is 1. The second-order valence-electron chi connectivity index (χ2n) is 7.80. The molecule has 0 radical (unpaired) electrons. The Morgan fingerprint density at radius 1 is 1.11 bits per heavy atom. The molecule has 2 aromatic heterocycles. The Morgan fingerprint density at radius 2 is 1.89 bits per heavy atom. The fourth-order valence-corrected chi connectivity index (χ4v) is 3.79. The molecule has 0 aliphatic carbocycles. The van der Waals surface area contributed by atoms with Crippen LogP contribution in [0.3, 0.4) is 0 Å². The third-order valence-electron chi connectivity index (χ3n) is 5.52. The second kappa shape index (κ2) is 10.6. The molecule has 2 aromatic carbocycles. The molecule has 1 amide bonds. The number of nitrogen functional groups attached to an aromatic ring is 1. The topological polar surface area (TPSA) is 123 Å². The van der Waals surface area contributed by atoms with E-state index in [0.717, 1.165) is 22.0 Å². The minimum Gasteiger partial charge on any atom is -0.383 e. The zero-order chi connectivity index (χ0) is 24.8. The van der Waals surface area contributed by atoms with Gasteiger partial charge in [-0.05, 0) is 17.7 Å². The lowest BCUT2D eigenvalue weighted by Gasteiger charge is -2.23. The first-order chi connectivity index (χ1) is 17.0. The number of nitrogens with two attached hydrogens (primary N) is 1. The van der Waals surface area contributed by atoms with Crippen molar-refractivity contribution in [2.75, 3.05) is 24.4 Å². The van der Waals surface area contributed by atoms with Gasteiger partial charge in [0.1, 0.15) is 5.82 Å². The van der Waals surface area contributed by atoms with Crippen LogP contribution in [0.2, 0.25) is 0 Å². The standard InChI is InChI=1S/C26H25N5O4/c1-35-16-15-30-24(27)23(25(33)29-26(30)34)31(17-18-7-3-2-4-8-18)21(32)13-12-20-10-5-9-19-11-6-14-28-22(19)20/h2-14H,15-17,27H2,1H3,(H,29,33,34). The van der Waals surface area contributed by atoms with Gasteiger partial charge in [-0.1, -0.05) is 54.6 Å². The Balaban J connectivity index is 1.78. The van der Waals surface area contributed by atoms with Gasteiger partial charge in [0.25, 0.3) is 11.5 Å². The van der Waals surface area contributed by atoms with Gasteiger partial charge in [-0.15, -0.1) is 0 Å². The van der Waals surface area contributed by atoms with Crippen molar-refractivity contribution in [2.24, 2.45) is 0 Å². The van der Waals surface area contributed by atoms with Crippen LogP contribution < -0.4 is 21.9 Å². The smallest absolute Gasteiger partial charge is 0.330 e. The number of methoxy groups -OCH3 is 1. The zero-order valence-electron chi connectivity index (χ0n) is 19.2. The molecule has 0 fully saturated rings. The number of H-pyrrole nitrogens is 1. The number of benzene rings is 2. The summed E-state index contributed by atoms with van der Waals surface area (Å²) in [7, 11) is 1.49. The van der Waals surface area contributed by atoms with E-state index in [1.807, 2.05) is 60.7 Å². The molecule has 35 heavy (non-hydrogen) atoms. The fourth-order valence-electron chi connectivity index (χ4n) is 3.79. The lowest BCUT2D eigenvalue weighted by Crippen LogP contribution is -2.40. The van der Waals surface area contributed by atoms with Crippen molar-refractivity contribution in [1.29, 1.82) is 0 Å². The first-order valence-corrected chi connectivity index (χ1v) is 11.0. The van der Waals surface area contributed by atoms with Gasteiger partial charge in [0, 0.05) is 30.3 Å². The molecule has 2 heterocycles. The number of hydrogen-bond donors (Lipinski definition) is 2. The maximum absolute atomic E-state index is 13.5. The van der Waals surface area contributed by atoms with E-state index in [2.05, 4.69) is 9.97 Å². The van der Waals surface area contributed by atoms with Crippen molar-refractivity contribution >= 4 is 34.4 Å². The number of fused-ring (bicyclic) bond motifs is 1. The molecule has 0 atom stereocenters. The van der Waals surface area contributed by atoms with Gasteiger partial charge >= 0.3 is 5.69 Å². The number of ether oxygens (including phenoxy) is 1. The number of carbonyl (C=O) groups excluding carboxylic acids is 1. The molecule has 0 aliphatic rings. The van der Waals surface area contributed by atoms with Crippen LogP contribution >= 0.6 is 0 Å². The highest BCUT2D eigenvalue weighted by molar-refractivity contribution is 6.06. The summed E-state index contributed by atoms with van der Waals surface area (Å²) in [5.74, 6) is -0.587. The summed E-state index contributed by atoms with van der Waals surface area (Å²) >= 11 is 0. The average molecular weight is 472 g/mol. The SMILES string of the molecule is COCCn1c(N)c(N(Cc2ccccc2)C(=O)C=Cc2cccc3cccnc23)c(=O)[nH]c1=O. The molecule has 9 nitrogen and oxygen atoms in total. The van der Waals surface area contributed by atoms with Gasteiger partial charge < -0.3 is 10.5 Å². The largest absolute Gasteiger partial charge is 0.383 e. The zero-order valence-corrected chi connectivity index (χ0v) is 19.2. The van der Waals surface area contributed by atoms with Crippen molar-refractivity contribution in [1.82, 2.24) is 14.5 Å². The van der Waals surface area contributed by atoms with Gasteiger partial charge in [0.2, 0.25) is 0 Å². The normalized spacial score (nSPS) is 11.2. The minimum atomic E-state index is -0.745. The van der Waals surface area contributed by atoms with Crippen molar-refractivity contribution in [3.05, 3.63) is 105 Å². The van der Waals surface area contributed by atoms with Crippen molar-refractivity contribution in [2.45, 2.75) is 13.1 Å². The monoisotopic (exact) mass is 471 g/mol. The maximum Gasteiger partial charge on any atom is 0.330 e. The molecule has 0 unspecified atom stereocenters. The Morgan fingerprint density at radius 3 is 2.66 bits per heavy atom. The molecule has 3 N–H and O–H groups in total. The lowest BCUT2D eigenvalue weighted by atomic mass is 10.1. The number of pyridine rings is 1. The predicted molar refractivity (Wildman–Crippen MR) is 136 cm³/mol. The maximum atomic E-state index is 13.5. The van der Waals surface area contributed by atoms with E-state index >= 15 is 0 Å². The summed E-state index contributed by atoms with van der Waals surface area (Å²) in [6.45, 7) is 0.402. The molecule has 0 aliphatic heterocycles. The van der Waals surface area contributed by atoms with E-state index in [1.54, 1.807) is 12.3 Å². The number of anilines is 2. The fraction of sp³-hybridized carbons (Fsp3) is 0.154. The number of nitrogens with zero attached hydrogens (tertiary/aromatic N) is 3. The van der Waals surface area contributed by atoms with Crippen LogP contribution in [0.5, 0.6) is 0 Å². The molecule has 0 saturated carbocycles. The van der Waals surface area contributed by atoms with E-state index in [-0.39, 0.29) is 31.2 Å². The van der Waals surface area contributed by atoms with Crippen molar-refractivity contribution in [3.63, 3.8) is 0 Å². The first-order valence-electron chi connectivity index (χ1n) is 11.0. The van der Waals surface area contributed by atoms with E-state index in [4.69, 9.17) is 10.5 Å². The molecular formula is C26H25N5O4. The Hall–Kier alpha value is -4.50. The quantitative estimate of drug-likeness (QED) is 0.381. The van der Waals surface area contributed by atoms with E-state index < -0.39 is 17.2 Å². The summed E-state index contributed by atoms with van der Waals surface area (Å²) in [4.78, 5) is 46.6. The molecule has 4 rings (SSSR count). The van der Waals surface area contributed by atoms with Gasteiger partial charge in [-0.3, -0.25) is 29.0 Å². The summed E-state index contributed by atoms with van der Waals surface area (Å²) in [5, 5.41) is 0.939. The molecular weight excluding hydrogens is 446 g/mol. The van der Waals surface area contributed by atoms with Crippen LogP contribution in [0.25, 0.3) is 17.0 Å². The van der Waals surface area contributed by atoms with Gasteiger partial charge in [-0.2, -0.15) is 0 Å². The summed E-state index contributed by atoms with van der Waals surface area (Å²) in [6.07, 6.45) is 4.71. The van der Waals surface area contributed by atoms with E-state index in [9.17, 15) is 14.4 Å². The number of hydrogen-bond acceptors (Lipinski definition) is 6.